The molecule has 1 heterocycles. The van der Waals surface area contributed by atoms with Gasteiger partial charge in [0.2, 0.25) is 0 Å². The smallest absolute Gasteiger partial charge is 0.340 e. The first-order valence-corrected chi connectivity index (χ1v) is 7.23. The number of nitrogens with one attached hydrogen (secondary N) is 1. The summed E-state index contributed by atoms with van der Waals surface area (Å²) in [6, 6.07) is 15.2. The summed E-state index contributed by atoms with van der Waals surface area (Å²) in [6.07, 6.45) is 1.68. The molecule has 0 aliphatic rings. The summed E-state index contributed by atoms with van der Waals surface area (Å²) in [5, 5.41) is 0.866. The molecule has 0 unspecified atom stereocenters. The van der Waals surface area contributed by atoms with Crippen molar-refractivity contribution in [3.8, 4) is 5.75 Å². The Morgan fingerprint density at radius 1 is 1.09 bits per heavy atom. The maximum atomic E-state index is 12.3. The molecule has 0 bridgehead atoms. The number of esters is 1. The Bertz CT molecular complexity index is 792. The van der Waals surface area contributed by atoms with E-state index in [-0.39, 0.29) is 12.6 Å². The van der Waals surface area contributed by atoms with E-state index in [2.05, 4.69) is 4.98 Å². The number of carbonyl (C=O) groups excluding carboxylic acids is 1. The lowest BCUT2D eigenvalue weighted by atomic mass is 10.2. The van der Waals surface area contributed by atoms with Gasteiger partial charge < -0.3 is 14.5 Å². The summed E-state index contributed by atoms with van der Waals surface area (Å²) < 4.78 is 11.0. The Balaban J connectivity index is 1.75. The number of hydrogen-bond acceptors (Lipinski definition) is 3. The number of aromatic amines is 1. The lowest BCUT2D eigenvalue weighted by Crippen LogP contribution is -2.06. The van der Waals surface area contributed by atoms with E-state index in [1.807, 2.05) is 55.5 Å². The number of carbonyl (C=O) groups is 1. The molecular weight excluding hydrogens is 278 g/mol. The van der Waals surface area contributed by atoms with Crippen molar-refractivity contribution >= 4 is 16.9 Å². The largest absolute Gasteiger partial charge is 0.493 e. The number of aromatic nitrogens is 1. The van der Waals surface area contributed by atoms with E-state index >= 15 is 0 Å². The molecule has 0 amide bonds. The van der Waals surface area contributed by atoms with Gasteiger partial charge in [0.1, 0.15) is 12.4 Å². The maximum Gasteiger partial charge on any atom is 0.340 e. The Morgan fingerprint density at radius 2 is 1.86 bits per heavy atom. The van der Waals surface area contributed by atoms with Crippen LogP contribution in [0.1, 0.15) is 22.8 Å². The van der Waals surface area contributed by atoms with E-state index in [0.29, 0.717) is 12.2 Å². The minimum Gasteiger partial charge on any atom is -0.493 e. The predicted octanol–water partition coefficient (Wildman–Crippen LogP) is 3.92. The molecule has 22 heavy (non-hydrogen) atoms. The van der Waals surface area contributed by atoms with Crippen LogP contribution in [-0.2, 0) is 11.3 Å². The van der Waals surface area contributed by atoms with Crippen LogP contribution in [0.2, 0.25) is 0 Å². The summed E-state index contributed by atoms with van der Waals surface area (Å²) in [5.74, 6) is 0.403. The van der Waals surface area contributed by atoms with E-state index in [0.717, 1.165) is 22.2 Å². The van der Waals surface area contributed by atoms with Crippen LogP contribution in [-0.4, -0.2) is 17.6 Å². The third kappa shape index (κ3) is 2.81. The third-order valence-corrected chi connectivity index (χ3v) is 3.44. The van der Waals surface area contributed by atoms with Crippen LogP contribution in [0.3, 0.4) is 0 Å². The molecule has 3 rings (SSSR count). The average Bonchev–Trinajstić information content (AvgIpc) is 2.98. The Kier molecular flexibility index (Phi) is 4.10. The van der Waals surface area contributed by atoms with E-state index < -0.39 is 0 Å². The van der Waals surface area contributed by atoms with Gasteiger partial charge in [-0.2, -0.15) is 0 Å². The topological polar surface area (TPSA) is 51.3 Å². The highest BCUT2D eigenvalue weighted by molar-refractivity contribution is 6.03. The lowest BCUT2D eigenvalue weighted by Gasteiger charge is -2.10. The number of para-hydroxylation sites is 2. The number of rotatable bonds is 5. The van der Waals surface area contributed by atoms with Crippen molar-refractivity contribution in [3.63, 3.8) is 0 Å². The van der Waals surface area contributed by atoms with Crippen LogP contribution >= 0.6 is 0 Å². The average molecular weight is 295 g/mol. The Labute approximate surface area is 128 Å². The molecule has 0 fully saturated rings. The van der Waals surface area contributed by atoms with E-state index in [1.165, 1.54) is 0 Å². The zero-order valence-electron chi connectivity index (χ0n) is 12.3. The Morgan fingerprint density at radius 3 is 2.73 bits per heavy atom. The van der Waals surface area contributed by atoms with Crippen LogP contribution in [0.25, 0.3) is 10.9 Å². The van der Waals surface area contributed by atoms with Crippen LogP contribution in [0.5, 0.6) is 5.75 Å². The van der Waals surface area contributed by atoms with Crippen LogP contribution in [0.15, 0.2) is 54.7 Å². The second-order valence-corrected chi connectivity index (χ2v) is 4.86. The van der Waals surface area contributed by atoms with Crippen molar-refractivity contribution in [1.29, 1.82) is 0 Å². The van der Waals surface area contributed by atoms with Crippen molar-refractivity contribution in [2.75, 3.05) is 6.61 Å². The maximum absolute atomic E-state index is 12.3. The zero-order chi connectivity index (χ0) is 15.4. The van der Waals surface area contributed by atoms with Gasteiger partial charge in [-0.3, -0.25) is 0 Å². The van der Waals surface area contributed by atoms with E-state index in [1.54, 1.807) is 6.20 Å². The highest BCUT2D eigenvalue weighted by atomic mass is 16.5. The highest BCUT2D eigenvalue weighted by Gasteiger charge is 2.14. The molecule has 3 aromatic rings. The summed E-state index contributed by atoms with van der Waals surface area (Å²) in [4.78, 5) is 15.4. The molecule has 0 saturated heterocycles. The van der Waals surface area contributed by atoms with Gasteiger partial charge in [-0.15, -0.1) is 0 Å². The molecule has 1 N–H and O–H groups in total. The molecular formula is C18H17NO3. The minimum atomic E-state index is -0.344. The summed E-state index contributed by atoms with van der Waals surface area (Å²) in [6.45, 7) is 2.69. The fourth-order valence-electron chi connectivity index (χ4n) is 2.38. The summed E-state index contributed by atoms with van der Waals surface area (Å²) in [5.41, 5.74) is 2.33. The van der Waals surface area contributed by atoms with Crippen molar-refractivity contribution in [1.82, 2.24) is 4.98 Å². The summed E-state index contributed by atoms with van der Waals surface area (Å²) >= 11 is 0. The first-order chi connectivity index (χ1) is 10.8. The molecule has 0 saturated carbocycles. The first kappa shape index (κ1) is 14.2. The molecule has 0 aliphatic carbocycles. The SMILES string of the molecule is CCOc1ccccc1COC(=O)c1c[nH]c2ccccc12. The van der Waals surface area contributed by atoms with Gasteiger partial charge in [-0.1, -0.05) is 36.4 Å². The van der Waals surface area contributed by atoms with Gasteiger partial charge >= 0.3 is 5.97 Å². The fourth-order valence-corrected chi connectivity index (χ4v) is 2.38. The quantitative estimate of drug-likeness (QED) is 0.726. The highest BCUT2D eigenvalue weighted by Crippen LogP contribution is 2.22. The first-order valence-electron chi connectivity index (χ1n) is 7.23. The van der Waals surface area contributed by atoms with Crippen molar-refractivity contribution in [2.24, 2.45) is 0 Å². The minimum absolute atomic E-state index is 0.189. The molecule has 4 heteroatoms. The lowest BCUT2D eigenvalue weighted by molar-refractivity contribution is 0.0472. The van der Waals surface area contributed by atoms with Gasteiger partial charge in [-0.05, 0) is 19.1 Å². The van der Waals surface area contributed by atoms with Crippen LogP contribution in [0.4, 0.5) is 0 Å². The number of fused-ring (bicyclic) bond motifs is 1. The molecule has 4 nitrogen and oxygen atoms in total. The molecule has 1 aromatic heterocycles. The van der Waals surface area contributed by atoms with Crippen LogP contribution in [0, 0.1) is 0 Å². The molecule has 0 radical (unpaired) electrons. The fraction of sp³-hybridized carbons (Fsp3) is 0.167. The van der Waals surface area contributed by atoms with E-state index in [9.17, 15) is 4.79 Å². The molecule has 0 atom stereocenters. The van der Waals surface area contributed by atoms with Crippen molar-refractivity contribution < 1.29 is 14.3 Å². The van der Waals surface area contributed by atoms with Gasteiger partial charge in [-0.25, -0.2) is 4.79 Å². The number of hydrogen-bond donors (Lipinski definition) is 1. The molecule has 112 valence electrons. The molecule has 0 aliphatic heterocycles. The van der Waals surface area contributed by atoms with Crippen molar-refractivity contribution in [2.45, 2.75) is 13.5 Å². The zero-order valence-corrected chi connectivity index (χ0v) is 12.3. The standard InChI is InChI=1S/C18H17NO3/c1-2-21-17-10-6-3-7-13(17)12-22-18(20)15-11-19-16-9-5-4-8-14(15)16/h3-11,19H,2,12H2,1H3. The number of H-pyrrole nitrogens is 1. The third-order valence-electron chi connectivity index (χ3n) is 3.44. The van der Waals surface area contributed by atoms with Crippen LogP contribution < -0.4 is 4.74 Å². The normalized spacial score (nSPS) is 10.6. The van der Waals surface area contributed by atoms with Gasteiger partial charge in [0, 0.05) is 22.7 Å². The number of ether oxygens (including phenoxy) is 2. The molecule has 0 spiro atoms. The second kappa shape index (κ2) is 6.35. The van der Waals surface area contributed by atoms with Crippen molar-refractivity contribution in [3.05, 3.63) is 65.9 Å². The second-order valence-electron chi connectivity index (χ2n) is 4.86. The predicted molar refractivity (Wildman–Crippen MR) is 85.0 cm³/mol. The Hall–Kier alpha value is -2.75. The molecule has 2 aromatic carbocycles. The summed E-state index contributed by atoms with van der Waals surface area (Å²) in [7, 11) is 0. The van der Waals surface area contributed by atoms with Gasteiger partial charge in [0.05, 0.1) is 12.2 Å². The van der Waals surface area contributed by atoms with Gasteiger partial charge in [0.15, 0.2) is 0 Å². The van der Waals surface area contributed by atoms with E-state index in [4.69, 9.17) is 9.47 Å². The number of benzene rings is 2. The monoisotopic (exact) mass is 295 g/mol. The van der Waals surface area contributed by atoms with Gasteiger partial charge in [0.25, 0.3) is 0 Å².